The number of aldehydes is 1. The molecule has 0 atom stereocenters. The van der Waals surface area contributed by atoms with Gasteiger partial charge in [-0.25, -0.2) is 0 Å². The summed E-state index contributed by atoms with van der Waals surface area (Å²) in [5.74, 6) is 2.00. The zero-order valence-corrected chi connectivity index (χ0v) is 12.3. The van der Waals surface area contributed by atoms with Crippen LogP contribution in [0.2, 0.25) is 0 Å². The fourth-order valence-electron chi connectivity index (χ4n) is 2.50. The van der Waals surface area contributed by atoms with Gasteiger partial charge >= 0.3 is 0 Å². The van der Waals surface area contributed by atoms with Gasteiger partial charge in [0.2, 0.25) is 0 Å². The quantitative estimate of drug-likeness (QED) is 0.749. The number of para-hydroxylation sites is 1. The van der Waals surface area contributed by atoms with Gasteiger partial charge in [-0.3, -0.25) is 9.69 Å². The molecule has 1 fully saturated rings. The van der Waals surface area contributed by atoms with Crippen LogP contribution in [0.3, 0.4) is 0 Å². The molecule has 1 aliphatic heterocycles. The van der Waals surface area contributed by atoms with E-state index in [4.69, 9.17) is 9.47 Å². The number of nitrogens with zero attached hydrogens (tertiary/aromatic N) is 1. The predicted octanol–water partition coefficient (Wildman–Crippen LogP) is 2.62. The Bertz CT molecular complexity index is 439. The Kier molecular flexibility index (Phi) is 5.41. The molecule has 0 aromatic heterocycles. The first-order valence-electron chi connectivity index (χ1n) is 7.22. The van der Waals surface area contributed by atoms with E-state index in [0.29, 0.717) is 23.7 Å². The topological polar surface area (TPSA) is 38.8 Å². The van der Waals surface area contributed by atoms with E-state index in [2.05, 4.69) is 11.8 Å². The lowest BCUT2D eigenvalue weighted by atomic mass is 9.99. The molecule has 0 amide bonds. The molecule has 4 heteroatoms. The molecule has 2 rings (SSSR count). The molecule has 4 nitrogen and oxygen atoms in total. The zero-order chi connectivity index (χ0) is 14.4. The molecule has 0 spiro atoms. The summed E-state index contributed by atoms with van der Waals surface area (Å²) in [6, 6.07) is 5.35. The molecular formula is C16H23NO3. The Morgan fingerprint density at radius 1 is 1.35 bits per heavy atom. The van der Waals surface area contributed by atoms with E-state index in [9.17, 15) is 4.79 Å². The first-order valence-corrected chi connectivity index (χ1v) is 7.22. The van der Waals surface area contributed by atoms with Gasteiger partial charge in [0.05, 0.1) is 12.7 Å². The van der Waals surface area contributed by atoms with Gasteiger partial charge < -0.3 is 9.47 Å². The van der Waals surface area contributed by atoms with Gasteiger partial charge in [0, 0.05) is 6.54 Å². The van der Waals surface area contributed by atoms with E-state index < -0.39 is 0 Å². The van der Waals surface area contributed by atoms with Crippen molar-refractivity contribution in [1.82, 2.24) is 4.90 Å². The number of ether oxygens (including phenoxy) is 2. The molecule has 0 bridgehead atoms. The molecule has 1 heterocycles. The van der Waals surface area contributed by atoms with Gasteiger partial charge in [-0.2, -0.15) is 0 Å². The summed E-state index contributed by atoms with van der Waals surface area (Å²) in [5, 5.41) is 0. The van der Waals surface area contributed by atoms with Crippen molar-refractivity contribution in [3.8, 4) is 11.5 Å². The first kappa shape index (κ1) is 14.9. The number of carbonyl (C=O) groups is 1. The van der Waals surface area contributed by atoms with Crippen LogP contribution >= 0.6 is 0 Å². The second kappa shape index (κ2) is 7.29. The van der Waals surface area contributed by atoms with Crippen LogP contribution in [0.4, 0.5) is 0 Å². The van der Waals surface area contributed by atoms with Crippen molar-refractivity contribution >= 4 is 6.29 Å². The molecule has 1 aromatic rings. The average molecular weight is 277 g/mol. The Hall–Kier alpha value is -1.55. The van der Waals surface area contributed by atoms with E-state index in [1.807, 2.05) is 6.07 Å². The smallest absolute Gasteiger partial charge is 0.171 e. The molecule has 1 saturated heterocycles. The molecule has 20 heavy (non-hydrogen) atoms. The summed E-state index contributed by atoms with van der Waals surface area (Å²) < 4.78 is 11.0. The third-order valence-corrected chi connectivity index (χ3v) is 3.89. The summed E-state index contributed by atoms with van der Waals surface area (Å²) in [6.45, 7) is 6.05. The fraction of sp³-hybridized carbons (Fsp3) is 0.562. The first-order chi connectivity index (χ1) is 9.74. The highest BCUT2D eigenvalue weighted by Crippen LogP contribution is 2.30. The number of rotatable bonds is 6. The van der Waals surface area contributed by atoms with Crippen molar-refractivity contribution in [2.75, 3.05) is 33.4 Å². The average Bonchev–Trinajstić information content (AvgIpc) is 2.49. The van der Waals surface area contributed by atoms with E-state index in [0.717, 1.165) is 31.8 Å². The summed E-state index contributed by atoms with van der Waals surface area (Å²) >= 11 is 0. The number of likely N-dealkylation sites (tertiary alicyclic amines) is 1. The van der Waals surface area contributed by atoms with Gasteiger partial charge in [0.1, 0.15) is 6.61 Å². The summed E-state index contributed by atoms with van der Waals surface area (Å²) in [4.78, 5) is 13.5. The minimum atomic E-state index is 0.539. The lowest BCUT2D eigenvalue weighted by Gasteiger charge is -2.30. The van der Waals surface area contributed by atoms with E-state index in [1.54, 1.807) is 19.2 Å². The highest BCUT2D eigenvalue weighted by Gasteiger charge is 2.16. The lowest BCUT2D eigenvalue weighted by molar-refractivity contribution is 0.111. The highest BCUT2D eigenvalue weighted by atomic mass is 16.5. The van der Waals surface area contributed by atoms with Crippen LogP contribution in [0.25, 0.3) is 0 Å². The van der Waals surface area contributed by atoms with Gasteiger partial charge in [0.15, 0.2) is 17.8 Å². The number of piperidine rings is 1. The monoisotopic (exact) mass is 277 g/mol. The van der Waals surface area contributed by atoms with Crippen LogP contribution in [-0.4, -0.2) is 44.5 Å². The van der Waals surface area contributed by atoms with Crippen LogP contribution in [0.15, 0.2) is 18.2 Å². The van der Waals surface area contributed by atoms with E-state index in [1.165, 1.54) is 12.8 Å². The number of benzene rings is 1. The van der Waals surface area contributed by atoms with Crippen molar-refractivity contribution in [1.29, 1.82) is 0 Å². The molecule has 1 aromatic carbocycles. The Morgan fingerprint density at radius 2 is 2.10 bits per heavy atom. The van der Waals surface area contributed by atoms with Crippen molar-refractivity contribution < 1.29 is 14.3 Å². The van der Waals surface area contributed by atoms with Gasteiger partial charge in [0.25, 0.3) is 0 Å². The standard InChI is InChI=1S/C16H23NO3/c1-13-6-8-17(9-7-13)10-11-20-16-14(12-18)4-3-5-15(16)19-2/h3-5,12-13H,6-11H2,1-2H3. The molecule has 110 valence electrons. The molecule has 0 aliphatic carbocycles. The normalized spacial score (nSPS) is 16.9. The fourth-order valence-corrected chi connectivity index (χ4v) is 2.50. The van der Waals surface area contributed by atoms with Crippen molar-refractivity contribution in [3.63, 3.8) is 0 Å². The maximum absolute atomic E-state index is 11.1. The van der Waals surface area contributed by atoms with Crippen LogP contribution < -0.4 is 9.47 Å². The summed E-state index contributed by atoms with van der Waals surface area (Å²) in [7, 11) is 1.59. The molecule has 0 saturated carbocycles. The van der Waals surface area contributed by atoms with Crippen molar-refractivity contribution in [2.45, 2.75) is 19.8 Å². The van der Waals surface area contributed by atoms with E-state index >= 15 is 0 Å². The van der Waals surface area contributed by atoms with Crippen molar-refractivity contribution in [3.05, 3.63) is 23.8 Å². The maximum atomic E-state index is 11.1. The Balaban J connectivity index is 1.89. The zero-order valence-electron chi connectivity index (χ0n) is 12.3. The number of hydrogen-bond acceptors (Lipinski definition) is 4. The number of hydrogen-bond donors (Lipinski definition) is 0. The molecule has 0 radical (unpaired) electrons. The summed E-state index contributed by atoms with van der Waals surface area (Å²) in [6.07, 6.45) is 3.32. The molecule has 0 N–H and O–H groups in total. The van der Waals surface area contributed by atoms with Gasteiger partial charge in [-0.15, -0.1) is 0 Å². The van der Waals surface area contributed by atoms with Gasteiger partial charge in [-0.1, -0.05) is 13.0 Å². The van der Waals surface area contributed by atoms with E-state index in [-0.39, 0.29) is 0 Å². The molecular weight excluding hydrogens is 254 g/mol. The molecule has 0 unspecified atom stereocenters. The SMILES string of the molecule is COc1cccc(C=O)c1OCCN1CCC(C)CC1. The minimum absolute atomic E-state index is 0.539. The second-order valence-electron chi connectivity index (χ2n) is 5.37. The van der Waals surface area contributed by atoms with Gasteiger partial charge in [-0.05, 0) is 44.0 Å². The van der Waals surface area contributed by atoms with Crippen LogP contribution in [0, 0.1) is 5.92 Å². The van der Waals surface area contributed by atoms with Crippen molar-refractivity contribution in [2.24, 2.45) is 5.92 Å². The predicted molar refractivity (Wildman–Crippen MR) is 78.7 cm³/mol. The summed E-state index contributed by atoms with van der Waals surface area (Å²) in [5.41, 5.74) is 0.539. The largest absolute Gasteiger partial charge is 0.493 e. The number of carbonyl (C=O) groups excluding carboxylic acids is 1. The minimum Gasteiger partial charge on any atom is -0.493 e. The number of methoxy groups -OCH3 is 1. The Morgan fingerprint density at radius 3 is 2.75 bits per heavy atom. The highest BCUT2D eigenvalue weighted by molar-refractivity contribution is 5.81. The van der Waals surface area contributed by atoms with Crippen LogP contribution in [0.1, 0.15) is 30.1 Å². The Labute approximate surface area is 120 Å². The van der Waals surface area contributed by atoms with Crippen LogP contribution in [-0.2, 0) is 0 Å². The van der Waals surface area contributed by atoms with Crippen LogP contribution in [0.5, 0.6) is 11.5 Å². The molecule has 1 aliphatic rings. The second-order valence-corrected chi connectivity index (χ2v) is 5.37. The third kappa shape index (κ3) is 3.73. The third-order valence-electron chi connectivity index (χ3n) is 3.89. The lowest BCUT2D eigenvalue weighted by Crippen LogP contribution is -2.35. The maximum Gasteiger partial charge on any atom is 0.171 e.